The number of nitrogens with one attached hydrogen (secondary N) is 2. The average molecular weight is 396 g/mol. The van der Waals surface area contributed by atoms with Crippen LogP contribution in [0.4, 0.5) is 20.2 Å². The van der Waals surface area contributed by atoms with Crippen molar-refractivity contribution in [3.05, 3.63) is 89.5 Å². The van der Waals surface area contributed by atoms with Gasteiger partial charge in [0.25, 0.3) is 11.8 Å². The molecule has 5 nitrogen and oxygen atoms in total. The van der Waals surface area contributed by atoms with Gasteiger partial charge in [0.05, 0.1) is 12.3 Å². The first-order valence-corrected chi connectivity index (χ1v) is 8.87. The summed E-state index contributed by atoms with van der Waals surface area (Å²) < 4.78 is 31.9. The van der Waals surface area contributed by atoms with Crippen LogP contribution in [-0.4, -0.2) is 18.4 Å². The van der Waals surface area contributed by atoms with Crippen molar-refractivity contribution in [1.82, 2.24) is 0 Å². The molecule has 0 aromatic heterocycles. The lowest BCUT2D eigenvalue weighted by molar-refractivity contribution is 0.101. The van der Waals surface area contributed by atoms with Crippen LogP contribution in [0.1, 0.15) is 27.6 Å². The Kier molecular flexibility index (Phi) is 6.19. The van der Waals surface area contributed by atoms with E-state index < -0.39 is 17.5 Å². The fourth-order valence-corrected chi connectivity index (χ4v) is 2.56. The lowest BCUT2D eigenvalue weighted by Gasteiger charge is -2.09. The highest BCUT2D eigenvalue weighted by molar-refractivity contribution is 6.07. The molecule has 2 amide bonds. The number of ether oxygens (including phenoxy) is 1. The number of hydrogen-bond donors (Lipinski definition) is 2. The van der Waals surface area contributed by atoms with E-state index in [2.05, 4.69) is 10.6 Å². The molecular formula is C22H18F2N2O3. The zero-order valence-electron chi connectivity index (χ0n) is 15.5. The highest BCUT2D eigenvalue weighted by Crippen LogP contribution is 2.18. The minimum atomic E-state index is -0.871. The second-order valence-corrected chi connectivity index (χ2v) is 6.07. The highest BCUT2D eigenvalue weighted by atomic mass is 19.1. The van der Waals surface area contributed by atoms with Gasteiger partial charge in [-0.15, -0.1) is 0 Å². The van der Waals surface area contributed by atoms with Gasteiger partial charge in [-0.3, -0.25) is 9.59 Å². The van der Waals surface area contributed by atoms with Crippen LogP contribution in [-0.2, 0) is 0 Å². The summed E-state index contributed by atoms with van der Waals surface area (Å²) in [4.78, 5) is 24.6. The maximum absolute atomic E-state index is 13.7. The second-order valence-electron chi connectivity index (χ2n) is 6.07. The van der Waals surface area contributed by atoms with Gasteiger partial charge in [-0.05, 0) is 67.6 Å². The van der Waals surface area contributed by atoms with Crippen LogP contribution in [0, 0.1) is 11.6 Å². The van der Waals surface area contributed by atoms with Gasteiger partial charge >= 0.3 is 0 Å². The molecule has 2 N–H and O–H groups in total. The Morgan fingerprint density at radius 2 is 1.41 bits per heavy atom. The molecular weight excluding hydrogens is 378 g/mol. The quantitative estimate of drug-likeness (QED) is 0.625. The normalized spacial score (nSPS) is 10.3. The topological polar surface area (TPSA) is 67.4 Å². The number of anilines is 2. The number of halogens is 2. The van der Waals surface area contributed by atoms with E-state index in [1.54, 1.807) is 24.3 Å². The SMILES string of the molecule is CCOc1ccc(NC(=O)c2ccc(C(=O)Nc3ccc(F)cc3F)cc2)cc1. The summed E-state index contributed by atoms with van der Waals surface area (Å²) in [5, 5.41) is 5.11. The van der Waals surface area contributed by atoms with Crippen LogP contribution in [0.3, 0.4) is 0 Å². The molecule has 7 heteroatoms. The van der Waals surface area contributed by atoms with E-state index in [4.69, 9.17) is 4.74 Å². The summed E-state index contributed by atoms with van der Waals surface area (Å²) in [5.41, 5.74) is 1.05. The van der Waals surface area contributed by atoms with Gasteiger partial charge < -0.3 is 15.4 Å². The Bertz CT molecular complexity index is 1020. The van der Waals surface area contributed by atoms with E-state index in [-0.39, 0.29) is 17.2 Å². The number of amides is 2. The van der Waals surface area contributed by atoms with Gasteiger partial charge in [-0.2, -0.15) is 0 Å². The third kappa shape index (κ3) is 5.16. The van der Waals surface area contributed by atoms with E-state index in [0.29, 0.717) is 29.7 Å². The molecule has 3 aromatic rings. The molecule has 29 heavy (non-hydrogen) atoms. The van der Waals surface area contributed by atoms with Crippen LogP contribution in [0.2, 0.25) is 0 Å². The van der Waals surface area contributed by atoms with Crippen molar-refractivity contribution in [2.75, 3.05) is 17.2 Å². The van der Waals surface area contributed by atoms with Crippen molar-refractivity contribution in [1.29, 1.82) is 0 Å². The highest BCUT2D eigenvalue weighted by Gasteiger charge is 2.12. The average Bonchev–Trinajstić information content (AvgIpc) is 2.72. The van der Waals surface area contributed by atoms with Crippen molar-refractivity contribution < 1.29 is 23.1 Å². The van der Waals surface area contributed by atoms with Gasteiger partial charge in [-0.1, -0.05) is 0 Å². The van der Waals surface area contributed by atoms with Crippen LogP contribution in [0.5, 0.6) is 5.75 Å². The van der Waals surface area contributed by atoms with Crippen molar-refractivity contribution in [3.63, 3.8) is 0 Å². The lowest BCUT2D eigenvalue weighted by Crippen LogP contribution is -2.15. The lowest BCUT2D eigenvalue weighted by atomic mass is 10.1. The molecule has 0 spiro atoms. The molecule has 0 atom stereocenters. The Balaban J connectivity index is 1.64. The minimum absolute atomic E-state index is 0.131. The Labute approximate surface area is 166 Å². The predicted octanol–water partition coefficient (Wildman–Crippen LogP) is 4.87. The maximum atomic E-state index is 13.7. The van der Waals surface area contributed by atoms with Crippen molar-refractivity contribution in [3.8, 4) is 5.75 Å². The Morgan fingerprint density at radius 3 is 1.97 bits per heavy atom. The zero-order valence-corrected chi connectivity index (χ0v) is 15.5. The van der Waals surface area contributed by atoms with E-state index in [1.807, 2.05) is 6.92 Å². The number of rotatable bonds is 6. The standard InChI is InChI=1S/C22H18F2N2O3/c1-2-29-18-10-8-17(9-11-18)25-21(27)14-3-5-15(6-4-14)22(28)26-20-12-7-16(23)13-19(20)24/h3-13H,2H2,1H3,(H,25,27)(H,26,28). The summed E-state index contributed by atoms with van der Waals surface area (Å²) >= 11 is 0. The van der Waals surface area contributed by atoms with Crippen LogP contribution in [0.15, 0.2) is 66.7 Å². The number of carbonyl (C=O) groups excluding carboxylic acids is 2. The summed E-state index contributed by atoms with van der Waals surface area (Å²) in [5.74, 6) is -1.81. The van der Waals surface area contributed by atoms with Crippen LogP contribution in [0.25, 0.3) is 0 Å². The molecule has 0 aliphatic heterocycles. The fourth-order valence-electron chi connectivity index (χ4n) is 2.56. The van der Waals surface area contributed by atoms with Crippen LogP contribution < -0.4 is 15.4 Å². The monoisotopic (exact) mass is 396 g/mol. The van der Waals surface area contributed by atoms with Crippen molar-refractivity contribution in [2.45, 2.75) is 6.92 Å². The Hall–Kier alpha value is -3.74. The number of hydrogen-bond acceptors (Lipinski definition) is 3. The molecule has 0 saturated heterocycles. The van der Waals surface area contributed by atoms with Gasteiger partial charge in [0.1, 0.15) is 17.4 Å². The van der Waals surface area contributed by atoms with E-state index in [1.165, 1.54) is 24.3 Å². The smallest absolute Gasteiger partial charge is 0.255 e. The van der Waals surface area contributed by atoms with Gasteiger partial charge in [-0.25, -0.2) is 8.78 Å². The third-order valence-corrected chi connectivity index (χ3v) is 4.01. The van der Waals surface area contributed by atoms with E-state index >= 15 is 0 Å². The molecule has 0 saturated carbocycles. The molecule has 0 bridgehead atoms. The van der Waals surface area contributed by atoms with Crippen molar-refractivity contribution in [2.24, 2.45) is 0 Å². The van der Waals surface area contributed by atoms with Crippen LogP contribution >= 0.6 is 0 Å². The molecule has 0 radical (unpaired) electrons. The zero-order chi connectivity index (χ0) is 20.8. The number of benzene rings is 3. The molecule has 0 heterocycles. The Morgan fingerprint density at radius 1 is 0.828 bits per heavy atom. The third-order valence-electron chi connectivity index (χ3n) is 4.01. The summed E-state index contributed by atoms with van der Waals surface area (Å²) in [6.45, 7) is 2.44. The first kappa shape index (κ1) is 20.0. The molecule has 148 valence electrons. The molecule has 3 aromatic carbocycles. The van der Waals surface area contributed by atoms with E-state index in [0.717, 1.165) is 12.1 Å². The molecule has 0 aliphatic carbocycles. The summed E-state index contributed by atoms with van der Waals surface area (Å²) in [6.07, 6.45) is 0. The molecule has 0 unspecified atom stereocenters. The van der Waals surface area contributed by atoms with Gasteiger partial charge in [0.2, 0.25) is 0 Å². The maximum Gasteiger partial charge on any atom is 0.255 e. The second kappa shape index (κ2) is 8.97. The number of carbonyl (C=O) groups is 2. The van der Waals surface area contributed by atoms with E-state index in [9.17, 15) is 18.4 Å². The predicted molar refractivity (Wildman–Crippen MR) is 106 cm³/mol. The van der Waals surface area contributed by atoms with Crippen molar-refractivity contribution >= 4 is 23.2 Å². The minimum Gasteiger partial charge on any atom is -0.494 e. The van der Waals surface area contributed by atoms with Gasteiger partial charge in [0.15, 0.2) is 0 Å². The largest absolute Gasteiger partial charge is 0.494 e. The molecule has 3 rings (SSSR count). The van der Waals surface area contributed by atoms with Gasteiger partial charge in [0, 0.05) is 22.9 Å². The molecule has 0 fully saturated rings. The first-order valence-electron chi connectivity index (χ1n) is 8.87. The molecule has 0 aliphatic rings. The fraction of sp³-hybridized carbons (Fsp3) is 0.0909. The first-order chi connectivity index (χ1) is 14.0. The summed E-state index contributed by atoms with van der Waals surface area (Å²) in [7, 11) is 0. The summed E-state index contributed by atoms with van der Waals surface area (Å²) in [6, 6.07) is 15.7.